The summed E-state index contributed by atoms with van der Waals surface area (Å²) >= 11 is 0. The Kier molecular flexibility index (Phi) is 6.78. The molecule has 1 unspecified atom stereocenters. The topological polar surface area (TPSA) is 43.1 Å². The lowest BCUT2D eigenvalue weighted by atomic mass is 9.97. The Labute approximate surface area is 105 Å². The molecule has 1 atom stereocenters. The first kappa shape index (κ1) is 15.9. The number of rotatable bonds is 6. The summed E-state index contributed by atoms with van der Waals surface area (Å²) in [6.07, 6.45) is 2.17. The van der Waals surface area contributed by atoms with Crippen LogP contribution in [0, 0.1) is 5.92 Å². The van der Waals surface area contributed by atoms with Crippen molar-refractivity contribution in [3.05, 3.63) is 11.8 Å². The molecule has 0 saturated heterocycles. The van der Waals surface area contributed by atoms with Gasteiger partial charge in [0.25, 0.3) is 0 Å². The predicted molar refractivity (Wildman–Crippen MR) is 69.2 cm³/mol. The Bertz CT molecular complexity index is 323. The maximum absolute atomic E-state index is 11.5. The number of hydrogen-bond acceptors (Lipinski definition) is 2. The van der Waals surface area contributed by atoms with E-state index in [9.17, 15) is 9.90 Å². The number of carbonyl (C=O) groups is 1. The molecule has 0 N–H and O–H groups in total. The second-order valence-electron chi connectivity index (χ2n) is 4.81. The predicted octanol–water partition coefficient (Wildman–Crippen LogP) is 1.75. The van der Waals surface area contributed by atoms with Crippen molar-refractivity contribution in [2.45, 2.75) is 54.0 Å². The van der Waals surface area contributed by atoms with E-state index in [0.717, 1.165) is 6.54 Å². The first-order valence-electron chi connectivity index (χ1n) is 6.24. The molecule has 3 nitrogen and oxygen atoms in total. The summed E-state index contributed by atoms with van der Waals surface area (Å²) in [5, 5.41) is 11.1. The first-order valence-corrected chi connectivity index (χ1v) is 6.24. The van der Waals surface area contributed by atoms with E-state index in [1.165, 1.54) is 18.7 Å². The molecular formula is C14H25NO2. The van der Waals surface area contributed by atoms with Crippen LogP contribution in [0.3, 0.4) is 0 Å². The van der Waals surface area contributed by atoms with E-state index in [1.807, 2.05) is 6.92 Å². The van der Waals surface area contributed by atoms with Crippen molar-refractivity contribution < 1.29 is 14.5 Å². The van der Waals surface area contributed by atoms with Gasteiger partial charge in [0, 0.05) is 19.3 Å². The molecule has 0 aliphatic carbocycles. The maximum atomic E-state index is 11.5. The number of hydrogen-bond donors (Lipinski definition) is 0. The summed E-state index contributed by atoms with van der Waals surface area (Å²) in [6, 6.07) is 0.421. The highest BCUT2D eigenvalue weighted by Gasteiger charge is 2.18. The SMILES string of the molecule is CC[N+](=C(C)CC(/C=C(/C)[O-])C(C)=O)C(C)C. The fourth-order valence-corrected chi connectivity index (χ4v) is 2.11. The zero-order valence-electron chi connectivity index (χ0n) is 11.9. The molecule has 0 heterocycles. The van der Waals surface area contributed by atoms with Gasteiger partial charge in [0.05, 0.1) is 0 Å². The third-order valence-corrected chi connectivity index (χ3v) is 2.93. The molecule has 3 heteroatoms. The molecule has 0 aromatic heterocycles. The van der Waals surface area contributed by atoms with Crippen LogP contribution in [0.15, 0.2) is 11.8 Å². The van der Waals surface area contributed by atoms with Gasteiger partial charge in [0.1, 0.15) is 24.1 Å². The van der Waals surface area contributed by atoms with Crippen LogP contribution in [0.25, 0.3) is 0 Å². The summed E-state index contributed by atoms with van der Waals surface area (Å²) in [7, 11) is 0. The van der Waals surface area contributed by atoms with Gasteiger partial charge >= 0.3 is 0 Å². The van der Waals surface area contributed by atoms with Crippen molar-refractivity contribution in [3.8, 4) is 0 Å². The van der Waals surface area contributed by atoms with Crippen LogP contribution in [-0.4, -0.2) is 28.7 Å². The monoisotopic (exact) mass is 239 g/mol. The van der Waals surface area contributed by atoms with Crippen LogP contribution in [0.2, 0.25) is 0 Å². The highest BCUT2D eigenvalue weighted by atomic mass is 16.3. The summed E-state index contributed by atoms with van der Waals surface area (Å²) in [4.78, 5) is 11.5. The fourth-order valence-electron chi connectivity index (χ4n) is 2.11. The van der Waals surface area contributed by atoms with Crippen molar-refractivity contribution in [3.63, 3.8) is 0 Å². The lowest BCUT2D eigenvalue weighted by Gasteiger charge is -2.14. The zero-order valence-corrected chi connectivity index (χ0v) is 11.9. The summed E-state index contributed by atoms with van der Waals surface area (Å²) in [6.45, 7) is 12.4. The van der Waals surface area contributed by atoms with Gasteiger partial charge in [-0.05, 0) is 27.7 Å². The minimum Gasteiger partial charge on any atom is -0.876 e. The van der Waals surface area contributed by atoms with Gasteiger partial charge in [-0.15, -0.1) is 5.76 Å². The molecule has 0 amide bonds. The van der Waals surface area contributed by atoms with Crippen molar-refractivity contribution in [1.29, 1.82) is 0 Å². The molecule has 0 aromatic rings. The molecule has 0 rings (SSSR count). The molecule has 0 aliphatic rings. The third-order valence-electron chi connectivity index (χ3n) is 2.93. The quantitative estimate of drug-likeness (QED) is 0.402. The fraction of sp³-hybridized carbons (Fsp3) is 0.714. The van der Waals surface area contributed by atoms with Crippen LogP contribution >= 0.6 is 0 Å². The molecule has 17 heavy (non-hydrogen) atoms. The highest BCUT2D eigenvalue weighted by molar-refractivity contribution is 5.87. The largest absolute Gasteiger partial charge is 0.876 e. The normalized spacial score (nSPS) is 15.8. The van der Waals surface area contributed by atoms with Crippen LogP contribution in [0.5, 0.6) is 0 Å². The molecule has 0 bridgehead atoms. The lowest BCUT2D eigenvalue weighted by molar-refractivity contribution is -0.556. The molecule has 0 aliphatic heterocycles. The van der Waals surface area contributed by atoms with Gasteiger partial charge in [-0.2, -0.15) is 0 Å². The third kappa shape index (κ3) is 5.66. The average molecular weight is 239 g/mol. The summed E-state index contributed by atoms with van der Waals surface area (Å²) < 4.78 is 2.25. The summed E-state index contributed by atoms with van der Waals surface area (Å²) in [5.74, 6) is -0.259. The first-order chi connectivity index (χ1) is 7.79. The minimum atomic E-state index is -0.278. The molecule has 0 fully saturated rings. The zero-order chi connectivity index (χ0) is 13.6. The Morgan fingerprint density at radius 3 is 2.12 bits per heavy atom. The van der Waals surface area contributed by atoms with E-state index >= 15 is 0 Å². The van der Waals surface area contributed by atoms with Crippen molar-refractivity contribution in [2.24, 2.45) is 5.92 Å². The van der Waals surface area contributed by atoms with E-state index in [0.29, 0.717) is 12.5 Å². The Morgan fingerprint density at radius 2 is 1.82 bits per heavy atom. The van der Waals surface area contributed by atoms with Crippen LogP contribution in [0.4, 0.5) is 0 Å². The van der Waals surface area contributed by atoms with Gasteiger partial charge in [-0.3, -0.25) is 4.79 Å². The van der Waals surface area contributed by atoms with Crippen molar-refractivity contribution in [2.75, 3.05) is 6.54 Å². The average Bonchev–Trinajstić information content (AvgIpc) is 2.15. The van der Waals surface area contributed by atoms with E-state index in [4.69, 9.17) is 0 Å². The second-order valence-corrected chi connectivity index (χ2v) is 4.81. The van der Waals surface area contributed by atoms with Gasteiger partial charge in [0.15, 0.2) is 0 Å². The molecule has 0 aromatic carbocycles. The highest BCUT2D eigenvalue weighted by Crippen LogP contribution is 2.10. The Morgan fingerprint density at radius 1 is 1.29 bits per heavy atom. The van der Waals surface area contributed by atoms with E-state index < -0.39 is 0 Å². The number of ketones is 1. The van der Waals surface area contributed by atoms with E-state index in [2.05, 4.69) is 25.3 Å². The van der Waals surface area contributed by atoms with Crippen molar-refractivity contribution >= 4 is 11.5 Å². The second kappa shape index (κ2) is 7.25. The number of Topliss-reactive ketones (excluding diaryl/α,β-unsaturated/α-hetero) is 1. The number of carbonyl (C=O) groups excluding carboxylic acids is 1. The molecular weight excluding hydrogens is 214 g/mol. The van der Waals surface area contributed by atoms with Gasteiger partial charge < -0.3 is 5.11 Å². The van der Waals surface area contributed by atoms with E-state index in [1.54, 1.807) is 6.92 Å². The molecule has 0 saturated carbocycles. The van der Waals surface area contributed by atoms with Gasteiger partial charge in [-0.25, -0.2) is 4.58 Å². The summed E-state index contributed by atoms with van der Waals surface area (Å²) in [5.41, 5.74) is 1.17. The van der Waals surface area contributed by atoms with Crippen LogP contribution in [-0.2, 0) is 4.79 Å². The lowest BCUT2D eigenvalue weighted by Crippen LogP contribution is -2.28. The standard InChI is InChI=1S/C14H25NO2/c1-7-15(10(2)3)11(4)8-14(13(6)17)9-12(5)16/h9-10,14H,7-8H2,1-6H3/b12-9-,15-11?. The maximum Gasteiger partial charge on any atom is 0.150 e. The molecule has 0 spiro atoms. The minimum absolute atomic E-state index is 0.0365. The molecule has 0 radical (unpaired) electrons. The van der Waals surface area contributed by atoms with E-state index in [-0.39, 0.29) is 17.5 Å². The number of allylic oxidation sites excluding steroid dienone is 2. The Hall–Kier alpha value is -1.12. The van der Waals surface area contributed by atoms with Gasteiger partial charge in [0.2, 0.25) is 0 Å². The smallest absolute Gasteiger partial charge is 0.150 e. The number of nitrogens with zero attached hydrogens (tertiary/aromatic N) is 1. The molecule has 98 valence electrons. The Balaban J connectivity index is 5.00. The van der Waals surface area contributed by atoms with Gasteiger partial charge in [-0.1, -0.05) is 13.0 Å². The van der Waals surface area contributed by atoms with Crippen LogP contribution in [0.1, 0.15) is 48.0 Å². The van der Waals surface area contributed by atoms with Crippen molar-refractivity contribution in [1.82, 2.24) is 0 Å². The van der Waals surface area contributed by atoms with Crippen LogP contribution < -0.4 is 5.11 Å².